The van der Waals surface area contributed by atoms with E-state index in [4.69, 9.17) is 23.7 Å². The summed E-state index contributed by atoms with van der Waals surface area (Å²) >= 11 is 0. The van der Waals surface area contributed by atoms with E-state index in [-0.39, 0.29) is 18.4 Å². The van der Waals surface area contributed by atoms with Gasteiger partial charge in [0.1, 0.15) is 42.2 Å². The number of esters is 1. The Hall–Kier alpha value is -2.27. The Balaban J connectivity index is 1.20. The molecule has 0 radical (unpaired) electrons. The van der Waals surface area contributed by atoms with Crippen molar-refractivity contribution >= 4 is 5.97 Å². The second kappa shape index (κ2) is 7.65. The number of aromatic hydroxyl groups is 3. The van der Waals surface area contributed by atoms with Gasteiger partial charge in [0.15, 0.2) is 35.6 Å². The van der Waals surface area contributed by atoms with Crippen LogP contribution in [0.3, 0.4) is 0 Å². The normalized spacial score (nSPS) is 49.2. The first-order chi connectivity index (χ1) is 17.3. The molecule has 3 saturated carbocycles. The van der Waals surface area contributed by atoms with Gasteiger partial charge in [-0.2, -0.15) is 0 Å². The summed E-state index contributed by atoms with van der Waals surface area (Å²) < 4.78 is 28.8. The molecule has 4 saturated heterocycles. The molecule has 14 heteroatoms. The summed E-state index contributed by atoms with van der Waals surface area (Å²) in [6, 6.07) is 1.72. The Bertz CT molecular complexity index is 1120. The van der Waals surface area contributed by atoms with Gasteiger partial charge in [-0.1, -0.05) is 0 Å². The average molecular weight is 528 g/mol. The fourth-order valence-electron chi connectivity index (χ4n) is 7.01. The smallest absolute Gasteiger partial charge is 0.338 e. The summed E-state index contributed by atoms with van der Waals surface area (Å²) in [5, 5.41) is 81.5. The first-order valence-electron chi connectivity index (χ1n) is 11.8. The van der Waals surface area contributed by atoms with Gasteiger partial charge >= 0.3 is 5.97 Å². The van der Waals surface area contributed by atoms with Crippen LogP contribution in [0.5, 0.6) is 17.2 Å². The zero-order valence-corrected chi connectivity index (χ0v) is 19.6. The zero-order valence-electron chi connectivity index (χ0n) is 19.6. The van der Waals surface area contributed by atoms with Crippen LogP contribution in [-0.4, -0.2) is 114 Å². The van der Waals surface area contributed by atoms with Gasteiger partial charge in [-0.25, -0.2) is 4.79 Å². The van der Waals surface area contributed by atoms with Crippen molar-refractivity contribution in [3.63, 3.8) is 0 Å². The number of aliphatic hydroxyl groups excluding tert-OH is 4. The molecule has 8 rings (SSSR count). The fourth-order valence-corrected chi connectivity index (χ4v) is 7.01. The van der Waals surface area contributed by atoms with Crippen LogP contribution in [-0.2, 0) is 23.7 Å². The number of carbonyl (C=O) groups is 1. The maximum atomic E-state index is 12.4. The largest absolute Gasteiger partial charge is 0.504 e. The van der Waals surface area contributed by atoms with Gasteiger partial charge in [-0.05, 0) is 25.5 Å². The molecule has 204 valence electrons. The first kappa shape index (κ1) is 25.0. The summed E-state index contributed by atoms with van der Waals surface area (Å²) in [6.07, 6.45) is -8.76. The highest BCUT2D eigenvalue weighted by Gasteiger charge is 2.94. The van der Waals surface area contributed by atoms with Crippen LogP contribution in [0.25, 0.3) is 0 Å². The highest BCUT2D eigenvalue weighted by Crippen LogP contribution is 2.81. The number of phenolic OH excluding ortho intramolecular Hbond substituents is 3. The van der Waals surface area contributed by atoms with E-state index in [2.05, 4.69) is 0 Å². The van der Waals surface area contributed by atoms with Gasteiger partial charge in [-0.15, -0.1) is 0 Å². The Morgan fingerprint density at radius 2 is 1.76 bits per heavy atom. The molecule has 0 aromatic heterocycles. The average Bonchev–Trinajstić information content (AvgIpc) is 3.03. The molecule has 8 N–H and O–H groups in total. The molecule has 4 aliphatic heterocycles. The van der Waals surface area contributed by atoms with Gasteiger partial charge < -0.3 is 64.5 Å². The quantitative estimate of drug-likeness (QED) is 0.144. The van der Waals surface area contributed by atoms with Crippen molar-refractivity contribution in [1.29, 1.82) is 0 Å². The molecule has 11 atom stereocenters. The summed E-state index contributed by atoms with van der Waals surface area (Å²) in [7, 11) is 0. The topological polar surface area (TPSA) is 225 Å². The number of aliphatic hydroxyl groups is 5. The number of rotatable bonds is 6. The van der Waals surface area contributed by atoms with Gasteiger partial charge in [-0.3, -0.25) is 0 Å². The molecular weight excluding hydrogens is 500 g/mol. The highest BCUT2D eigenvalue weighted by molar-refractivity contribution is 5.91. The van der Waals surface area contributed by atoms with Crippen LogP contribution < -0.4 is 0 Å². The number of carbonyl (C=O) groups excluding carboxylic acids is 1. The van der Waals surface area contributed by atoms with Crippen LogP contribution in [0.15, 0.2) is 12.1 Å². The SMILES string of the molecule is C[C@@]12C[C@@]3(O)O[C@@H](O1)[C@]1(CO)[C@H]3C[C@@]12O[C@@H]1O[C@H](COC(=O)c2cc(O)c(O)c(O)c2)[C@@H](O)[C@H](O)[C@H]1O. The molecule has 0 unspecified atom stereocenters. The van der Waals surface area contributed by atoms with E-state index in [1.807, 2.05) is 0 Å². The predicted molar refractivity (Wildman–Crippen MR) is 114 cm³/mol. The number of benzene rings is 1. The molecule has 14 nitrogen and oxygen atoms in total. The van der Waals surface area contributed by atoms with Crippen LogP contribution in [0, 0.1) is 11.3 Å². The molecule has 1 aromatic rings. The van der Waals surface area contributed by atoms with Gasteiger partial charge in [0.25, 0.3) is 0 Å². The predicted octanol–water partition coefficient (Wildman–Crippen LogP) is -2.24. The number of hydrogen-bond donors (Lipinski definition) is 8. The minimum atomic E-state index is -1.76. The highest BCUT2D eigenvalue weighted by atomic mass is 16.8. The Kier molecular flexibility index (Phi) is 5.18. The third-order valence-electron chi connectivity index (χ3n) is 8.89. The lowest BCUT2D eigenvalue weighted by molar-refractivity contribution is -0.424. The van der Waals surface area contributed by atoms with Crippen LogP contribution in [0.4, 0.5) is 0 Å². The Morgan fingerprint density at radius 1 is 1.08 bits per heavy atom. The van der Waals surface area contributed by atoms with Gasteiger partial charge in [0.2, 0.25) is 0 Å². The molecule has 1 aromatic carbocycles. The summed E-state index contributed by atoms with van der Waals surface area (Å²) in [5.74, 6) is -5.35. The third kappa shape index (κ3) is 2.93. The fraction of sp³-hybridized carbons (Fsp3) is 0.696. The maximum absolute atomic E-state index is 12.4. The zero-order chi connectivity index (χ0) is 26.7. The second-order valence-electron chi connectivity index (χ2n) is 10.7. The van der Waals surface area contributed by atoms with Crippen molar-refractivity contribution in [1.82, 2.24) is 0 Å². The lowest BCUT2D eigenvalue weighted by atomic mass is 9.41. The van der Waals surface area contributed by atoms with Crippen molar-refractivity contribution in [2.24, 2.45) is 11.3 Å². The summed E-state index contributed by atoms with van der Waals surface area (Å²) in [5.41, 5.74) is -3.81. The maximum Gasteiger partial charge on any atom is 0.338 e. The minimum Gasteiger partial charge on any atom is -0.504 e. The molecule has 7 aliphatic rings. The lowest BCUT2D eigenvalue weighted by Gasteiger charge is -2.67. The summed E-state index contributed by atoms with van der Waals surface area (Å²) in [4.78, 5) is 12.4. The Morgan fingerprint density at radius 3 is 2.41 bits per heavy atom. The number of ether oxygens (including phenoxy) is 5. The van der Waals surface area contributed by atoms with Crippen LogP contribution in [0.1, 0.15) is 30.1 Å². The molecule has 3 aliphatic carbocycles. The van der Waals surface area contributed by atoms with E-state index in [1.54, 1.807) is 6.92 Å². The monoisotopic (exact) mass is 528 g/mol. The van der Waals surface area contributed by atoms with Crippen molar-refractivity contribution < 1.29 is 69.3 Å². The van der Waals surface area contributed by atoms with E-state index in [0.717, 1.165) is 12.1 Å². The third-order valence-corrected chi connectivity index (χ3v) is 8.89. The standard InChI is InChI=1S/C23H28O14/c1-20-6-22(32)12-4-23(20,21(12,7-24)19(36-20)37-22)35-18-16(30)15(29)14(28)11(34-18)5-33-17(31)8-2-9(25)13(27)10(26)3-8/h2-3,11-12,14-16,18-19,24-30,32H,4-7H2,1H3/t11-,12-,14-,15+,16-,18+,19-,20+,21+,22-,23+/m1/s1. The molecule has 0 spiro atoms. The van der Waals surface area contributed by atoms with Gasteiger partial charge in [0, 0.05) is 12.3 Å². The summed E-state index contributed by atoms with van der Waals surface area (Å²) in [6.45, 7) is 0.635. The van der Waals surface area contributed by atoms with Crippen molar-refractivity contribution in [2.75, 3.05) is 13.2 Å². The van der Waals surface area contributed by atoms with E-state index in [9.17, 15) is 45.6 Å². The molecule has 0 amide bonds. The number of hydrogen-bond acceptors (Lipinski definition) is 14. The second-order valence-corrected chi connectivity index (χ2v) is 10.7. The van der Waals surface area contributed by atoms with E-state index < -0.39 is 102 Å². The molecule has 7 fully saturated rings. The molecular formula is C23H28O14. The van der Waals surface area contributed by atoms with E-state index in [1.165, 1.54) is 0 Å². The van der Waals surface area contributed by atoms with E-state index >= 15 is 0 Å². The van der Waals surface area contributed by atoms with E-state index in [0.29, 0.717) is 0 Å². The van der Waals surface area contributed by atoms with Crippen LogP contribution >= 0.6 is 0 Å². The number of phenols is 3. The first-order valence-corrected chi connectivity index (χ1v) is 11.8. The van der Waals surface area contributed by atoms with Crippen molar-refractivity contribution in [3.8, 4) is 17.2 Å². The van der Waals surface area contributed by atoms with Crippen molar-refractivity contribution in [2.45, 2.75) is 73.8 Å². The van der Waals surface area contributed by atoms with Crippen LogP contribution in [0.2, 0.25) is 0 Å². The molecule has 4 heterocycles. The molecule has 37 heavy (non-hydrogen) atoms. The molecule has 6 bridgehead atoms. The Labute approximate surface area is 209 Å². The minimum absolute atomic E-state index is 0.0459. The lowest BCUT2D eigenvalue weighted by Crippen LogP contribution is -2.80. The van der Waals surface area contributed by atoms with Gasteiger partial charge in [0.05, 0.1) is 17.6 Å². The van der Waals surface area contributed by atoms with Crippen molar-refractivity contribution in [3.05, 3.63) is 17.7 Å².